The van der Waals surface area contributed by atoms with Crippen LogP contribution in [0.1, 0.15) is 41.0 Å². The molecule has 2 saturated heterocycles. The van der Waals surface area contributed by atoms with E-state index in [2.05, 4.69) is 20.8 Å². The summed E-state index contributed by atoms with van der Waals surface area (Å²) in [5.41, 5.74) is -0.403. The molecule has 1 spiro atoms. The van der Waals surface area contributed by atoms with Crippen molar-refractivity contribution in [1.82, 2.24) is 0 Å². The van der Waals surface area contributed by atoms with Gasteiger partial charge in [-0.15, -0.1) is 0 Å². The Balaban J connectivity index is 1.82. The second-order valence-corrected chi connectivity index (χ2v) is 8.40. The zero-order valence-corrected chi connectivity index (χ0v) is 14.0. The van der Waals surface area contributed by atoms with E-state index in [9.17, 15) is 5.11 Å². The Bertz CT molecular complexity index is 329. The standard InChI is InChI=1S/C16H30O5/c1-14(2,3)13-20-10-16(11-21-13)8-18-12(19-9-16)6-15(4,5)7-17/h12-13,17H,6-11H2,1-5H3. The third-order valence-electron chi connectivity index (χ3n) is 4.09. The highest BCUT2D eigenvalue weighted by Gasteiger charge is 2.44. The predicted molar refractivity (Wildman–Crippen MR) is 78.8 cm³/mol. The third kappa shape index (κ3) is 4.39. The molecule has 0 saturated carbocycles. The number of aliphatic hydroxyl groups is 1. The maximum Gasteiger partial charge on any atom is 0.162 e. The van der Waals surface area contributed by atoms with E-state index in [1.807, 2.05) is 13.8 Å². The van der Waals surface area contributed by atoms with Crippen molar-refractivity contribution in [3.63, 3.8) is 0 Å². The summed E-state index contributed by atoms with van der Waals surface area (Å²) in [4.78, 5) is 0. The molecule has 2 rings (SSSR count). The van der Waals surface area contributed by atoms with Crippen molar-refractivity contribution < 1.29 is 24.1 Å². The van der Waals surface area contributed by atoms with Crippen LogP contribution in [0.5, 0.6) is 0 Å². The normalized spacial score (nSPS) is 35.1. The van der Waals surface area contributed by atoms with E-state index in [1.165, 1.54) is 0 Å². The molecule has 5 heteroatoms. The van der Waals surface area contributed by atoms with Gasteiger partial charge in [0, 0.05) is 18.4 Å². The Kier molecular flexibility index (Phi) is 5.01. The maximum atomic E-state index is 9.32. The smallest absolute Gasteiger partial charge is 0.162 e. The monoisotopic (exact) mass is 302 g/mol. The lowest BCUT2D eigenvalue weighted by molar-refractivity contribution is -0.321. The summed E-state index contributed by atoms with van der Waals surface area (Å²) in [7, 11) is 0. The molecule has 2 heterocycles. The molecule has 0 unspecified atom stereocenters. The van der Waals surface area contributed by atoms with Crippen LogP contribution in [0.2, 0.25) is 0 Å². The van der Waals surface area contributed by atoms with Crippen LogP contribution in [-0.4, -0.2) is 50.7 Å². The fraction of sp³-hybridized carbons (Fsp3) is 1.00. The van der Waals surface area contributed by atoms with E-state index in [4.69, 9.17) is 18.9 Å². The highest BCUT2D eigenvalue weighted by atomic mass is 16.7. The molecular weight excluding hydrogens is 272 g/mol. The summed E-state index contributed by atoms with van der Waals surface area (Å²) in [6.07, 6.45) is 0.263. The van der Waals surface area contributed by atoms with E-state index in [1.54, 1.807) is 0 Å². The lowest BCUT2D eigenvalue weighted by atomic mass is 9.87. The first-order valence-corrected chi connectivity index (χ1v) is 7.73. The van der Waals surface area contributed by atoms with Gasteiger partial charge in [-0.2, -0.15) is 0 Å². The summed E-state index contributed by atoms with van der Waals surface area (Å²) in [5, 5.41) is 9.32. The molecular formula is C16H30O5. The van der Waals surface area contributed by atoms with Crippen LogP contribution < -0.4 is 0 Å². The maximum absolute atomic E-state index is 9.32. The van der Waals surface area contributed by atoms with Gasteiger partial charge >= 0.3 is 0 Å². The van der Waals surface area contributed by atoms with Gasteiger partial charge in [0.25, 0.3) is 0 Å². The summed E-state index contributed by atoms with van der Waals surface area (Å²) < 4.78 is 23.4. The minimum absolute atomic E-state index is 0.0221. The van der Waals surface area contributed by atoms with Crippen LogP contribution in [0.4, 0.5) is 0 Å². The molecule has 0 aromatic carbocycles. The first kappa shape index (κ1) is 17.2. The second-order valence-electron chi connectivity index (χ2n) is 8.40. The van der Waals surface area contributed by atoms with Crippen LogP contribution in [0, 0.1) is 16.2 Å². The fourth-order valence-electron chi connectivity index (χ4n) is 2.52. The largest absolute Gasteiger partial charge is 0.396 e. The van der Waals surface area contributed by atoms with Crippen LogP contribution in [0.3, 0.4) is 0 Å². The molecule has 5 nitrogen and oxygen atoms in total. The predicted octanol–water partition coefficient (Wildman–Crippen LogP) is 2.17. The van der Waals surface area contributed by atoms with Gasteiger partial charge in [0.05, 0.1) is 31.8 Å². The van der Waals surface area contributed by atoms with Crippen LogP contribution in [0.25, 0.3) is 0 Å². The van der Waals surface area contributed by atoms with E-state index < -0.39 is 0 Å². The third-order valence-corrected chi connectivity index (χ3v) is 4.09. The average Bonchev–Trinajstić information content (AvgIpc) is 2.41. The molecule has 0 amide bonds. The molecule has 0 aromatic rings. The van der Waals surface area contributed by atoms with Gasteiger partial charge in [0.15, 0.2) is 12.6 Å². The summed E-state index contributed by atoms with van der Waals surface area (Å²) in [5.74, 6) is 0. The molecule has 21 heavy (non-hydrogen) atoms. The first-order valence-electron chi connectivity index (χ1n) is 7.73. The van der Waals surface area contributed by atoms with Crippen LogP contribution >= 0.6 is 0 Å². The zero-order valence-electron chi connectivity index (χ0n) is 14.0. The van der Waals surface area contributed by atoms with Gasteiger partial charge in [-0.1, -0.05) is 34.6 Å². The lowest BCUT2D eigenvalue weighted by Gasteiger charge is -2.46. The van der Waals surface area contributed by atoms with Crippen molar-refractivity contribution in [2.45, 2.75) is 53.6 Å². The van der Waals surface area contributed by atoms with Gasteiger partial charge < -0.3 is 24.1 Å². The molecule has 0 bridgehead atoms. The van der Waals surface area contributed by atoms with Gasteiger partial charge in [-0.3, -0.25) is 0 Å². The van der Waals surface area contributed by atoms with E-state index in [0.29, 0.717) is 32.8 Å². The summed E-state index contributed by atoms with van der Waals surface area (Å²) >= 11 is 0. The number of hydrogen-bond donors (Lipinski definition) is 1. The van der Waals surface area contributed by atoms with Crippen LogP contribution in [-0.2, 0) is 18.9 Å². The van der Waals surface area contributed by atoms with Gasteiger partial charge in [-0.05, 0) is 5.41 Å². The number of ether oxygens (including phenoxy) is 4. The molecule has 2 fully saturated rings. The molecule has 1 N–H and O–H groups in total. The van der Waals surface area contributed by atoms with Crippen molar-refractivity contribution in [3.8, 4) is 0 Å². The van der Waals surface area contributed by atoms with E-state index in [-0.39, 0.29) is 35.4 Å². The van der Waals surface area contributed by atoms with Crippen molar-refractivity contribution >= 4 is 0 Å². The quantitative estimate of drug-likeness (QED) is 0.866. The summed E-state index contributed by atoms with van der Waals surface area (Å²) in [6.45, 7) is 12.8. The second kappa shape index (κ2) is 6.13. The Morgan fingerprint density at radius 1 is 0.905 bits per heavy atom. The molecule has 0 aromatic heterocycles. The van der Waals surface area contributed by atoms with Crippen molar-refractivity contribution in [3.05, 3.63) is 0 Å². The molecule has 0 atom stereocenters. The van der Waals surface area contributed by atoms with Gasteiger partial charge in [-0.25, -0.2) is 0 Å². The van der Waals surface area contributed by atoms with Gasteiger partial charge in [0.2, 0.25) is 0 Å². The van der Waals surface area contributed by atoms with Crippen molar-refractivity contribution in [2.24, 2.45) is 16.2 Å². The van der Waals surface area contributed by atoms with E-state index in [0.717, 1.165) is 0 Å². The number of rotatable bonds is 3. The average molecular weight is 302 g/mol. The minimum Gasteiger partial charge on any atom is -0.396 e. The molecule has 2 aliphatic heterocycles. The molecule has 124 valence electrons. The summed E-state index contributed by atoms with van der Waals surface area (Å²) in [6, 6.07) is 0. The number of hydrogen-bond acceptors (Lipinski definition) is 5. The highest BCUT2D eigenvalue weighted by Crippen LogP contribution is 2.36. The Morgan fingerprint density at radius 3 is 1.81 bits per heavy atom. The molecule has 2 aliphatic rings. The fourth-order valence-corrected chi connectivity index (χ4v) is 2.52. The van der Waals surface area contributed by atoms with Crippen molar-refractivity contribution in [2.75, 3.05) is 33.0 Å². The SMILES string of the molecule is CC(C)(CO)CC1OCC2(CO1)COC(C(C)(C)C)OC2. The Labute approximate surface area is 127 Å². The lowest BCUT2D eigenvalue weighted by Crippen LogP contribution is -2.54. The van der Waals surface area contributed by atoms with Crippen LogP contribution in [0.15, 0.2) is 0 Å². The van der Waals surface area contributed by atoms with Gasteiger partial charge in [0.1, 0.15) is 0 Å². The Morgan fingerprint density at radius 2 is 1.38 bits per heavy atom. The van der Waals surface area contributed by atoms with Crippen molar-refractivity contribution in [1.29, 1.82) is 0 Å². The molecule has 0 radical (unpaired) electrons. The Hall–Kier alpha value is -0.200. The molecule has 0 aliphatic carbocycles. The minimum atomic E-state index is -0.252. The number of aliphatic hydroxyl groups excluding tert-OH is 1. The topological polar surface area (TPSA) is 57.2 Å². The first-order chi connectivity index (χ1) is 9.66. The zero-order chi connectivity index (χ0) is 15.7. The van der Waals surface area contributed by atoms with E-state index >= 15 is 0 Å². The highest BCUT2D eigenvalue weighted by molar-refractivity contribution is 4.86.